The lowest BCUT2D eigenvalue weighted by atomic mass is 9.78. The normalized spacial score (nSPS) is 12.4. The second kappa shape index (κ2) is 6.52. The summed E-state index contributed by atoms with van der Waals surface area (Å²) in [7, 11) is 0. The van der Waals surface area contributed by atoms with Gasteiger partial charge in [-0.2, -0.15) is 0 Å². The van der Waals surface area contributed by atoms with Gasteiger partial charge in [-0.25, -0.2) is 0 Å². The highest BCUT2D eigenvalue weighted by molar-refractivity contribution is 5.64. The number of hydrogen-bond acceptors (Lipinski definition) is 4. The van der Waals surface area contributed by atoms with E-state index in [1.54, 1.807) is 0 Å². The predicted molar refractivity (Wildman–Crippen MR) is 109 cm³/mol. The highest BCUT2D eigenvalue weighted by Gasteiger charge is 2.27. The summed E-state index contributed by atoms with van der Waals surface area (Å²) in [6, 6.07) is 11.9. The quantitative estimate of drug-likeness (QED) is 0.605. The van der Waals surface area contributed by atoms with Gasteiger partial charge in [-0.05, 0) is 42.0 Å². The first kappa shape index (κ1) is 19.2. The molecule has 0 amide bonds. The first-order valence-corrected chi connectivity index (χ1v) is 9.26. The molecule has 0 saturated carbocycles. The van der Waals surface area contributed by atoms with Gasteiger partial charge in [-0.15, -0.1) is 10.2 Å². The molecule has 0 radical (unpaired) electrons. The van der Waals surface area contributed by atoms with Gasteiger partial charge >= 0.3 is 0 Å². The predicted octanol–water partition coefficient (Wildman–Crippen LogP) is 6.01. The van der Waals surface area contributed by atoms with Crippen LogP contribution in [0.25, 0.3) is 22.9 Å². The van der Waals surface area contributed by atoms with Gasteiger partial charge < -0.3 is 9.52 Å². The van der Waals surface area contributed by atoms with Gasteiger partial charge in [0.2, 0.25) is 11.8 Å². The molecule has 4 nitrogen and oxygen atoms in total. The Hall–Kier alpha value is -2.62. The van der Waals surface area contributed by atoms with E-state index in [0.29, 0.717) is 17.5 Å². The van der Waals surface area contributed by atoms with E-state index in [1.165, 1.54) is 5.56 Å². The minimum Gasteiger partial charge on any atom is -0.507 e. The topological polar surface area (TPSA) is 59.2 Å². The Morgan fingerprint density at radius 1 is 0.741 bits per heavy atom. The van der Waals surface area contributed by atoms with E-state index in [2.05, 4.69) is 51.7 Å². The molecule has 3 aromatic rings. The van der Waals surface area contributed by atoms with Crippen LogP contribution in [0, 0.1) is 6.92 Å². The van der Waals surface area contributed by atoms with Crippen molar-refractivity contribution in [2.45, 2.75) is 59.3 Å². The Bertz CT molecular complexity index is 920. The Balaban J connectivity index is 2.13. The number of phenols is 1. The van der Waals surface area contributed by atoms with Gasteiger partial charge in [0.05, 0.1) is 0 Å². The van der Waals surface area contributed by atoms with Crippen molar-refractivity contribution in [3.05, 3.63) is 53.1 Å². The zero-order valence-electron chi connectivity index (χ0n) is 17.2. The molecule has 0 bridgehead atoms. The molecular formula is C23H28N2O2. The molecule has 0 aliphatic rings. The molecule has 0 aliphatic carbocycles. The summed E-state index contributed by atoms with van der Waals surface area (Å²) >= 11 is 0. The van der Waals surface area contributed by atoms with Crippen LogP contribution in [-0.4, -0.2) is 15.3 Å². The van der Waals surface area contributed by atoms with Crippen molar-refractivity contribution in [3.63, 3.8) is 0 Å². The molecule has 1 aromatic heterocycles. The van der Waals surface area contributed by atoms with Gasteiger partial charge in [0.25, 0.3) is 0 Å². The number of aryl methyl sites for hydroxylation is 1. The Kier molecular flexibility index (Phi) is 4.62. The summed E-state index contributed by atoms with van der Waals surface area (Å²) in [6.45, 7) is 14.6. The zero-order valence-corrected chi connectivity index (χ0v) is 17.2. The minimum absolute atomic E-state index is 0.208. The van der Waals surface area contributed by atoms with Gasteiger partial charge in [0.15, 0.2) is 0 Å². The number of aromatic nitrogens is 2. The van der Waals surface area contributed by atoms with Crippen LogP contribution in [0.5, 0.6) is 5.75 Å². The molecule has 0 fully saturated rings. The van der Waals surface area contributed by atoms with E-state index in [0.717, 1.165) is 22.3 Å². The third-order valence-corrected chi connectivity index (χ3v) is 4.70. The lowest BCUT2D eigenvalue weighted by Crippen LogP contribution is -2.17. The van der Waals surface area contributed by atoms with Crippen LogP contribution in [-0.2, 0) is 10.8 Å². The fraction of sp³-hybridized carbons (Fsp3) is 0.391. The van der Waals surface area contributed by atoms with Crippen molar-refractivity contribution in [2.75, 3.05) is 0 Å². The number of hydrogen-bond donors (Lipinski definition) is 1. The summed E-state index contributed by atoms with van der Waals surface area (Å²) in [6.07, 6.45) is 0. The number of rotatable bonds is 2. The van der Waals surface area contributed by atoms with E-state index < -0.39 is 0 Å². The number of benzene rings is 2. The van der Waals surface area contributed by atoms with Crippen LogP contribution in [0.15, 0.2) is 40.8 Å². The summed E-state index contributed by atoms with van der Waals surface area (Å²) < 4.78 is 5.97. The zero-order chi connectivity index (χ0) is 20.0. The molecule has 2 aromatic carbocycles. The van der Waals surface area contributed by atoms with Gasteiger partial charge in [-0.3, -0.25) is 0 Å². The maximum absolute atomic E-state index is 10.9. The maximum Gasteiger partial charge on any atom is 0.248 e. The number of phenolic OH excluding ortho intramolecular Hbond substituents is 1. The summed E-state index contributed by atoms with van der Waals surface area (Å²) in [5.74, 6) is 1.30. The van der Waals surface area contributed by atoms with Crippen LogP contribution in [0.4, 0.5) is 0 Å². The van der Waals surface area contributed by atoms with Crippen LogP contribution in [0.3, 0.4) is 0 Å². The standard InChI is InChI=1S/C23H28N2O2/c1-14-8-10-15(11-9-14)20-24-25-21(27-20)16-12-17(22(2,3)4)19(26)18(13-16)23(5,6)7/h8-13,26H,1-7H3. The molecule has 4 heteroatoms. The van der Waals surface area contributed by atoms with E-state index in [9.17, 15) is 5.11 Å². The number of aromatic hydroxyl groups is 1. The third-order valence-electron chi connectivity index (χ3n) is 4.70. The Morgan fingerprint density at radius 3 is 1.63 bits per heavy atom. The maximum atomic E-state index is 10.9. The van der Waals surface area contributed by atoms with Crippen LogP contribution in [0.1, 0.15) is 58.2 Å². The highest BCUT2D eigenvalue weighted by atomic mass is 16.4. The third kappa shape index (κ3) is 3.90. The van der Waals surface area contributed by atoms with Crippen molar-refractivity contribution < 1.29 is 9.52 Å². The molecule has 1 N–H and O–H groups in total. The molecule has 3 rings (SSSR count). The molecular weight excluding hydrogens is 336 g/mol. The lowest BCUT2D eigenvalue weighted by molar-refractivity contribution is 0.423. The van der Waals surface area contributed by atoms with Crippen LogP contribution < -0.4 is 0 Å². The van der Waals surface area contributed by atoms with E-state index in [1.807, 2.05) is 43.3 Å². The molecule has 0 atom stereocenters. The summed E-state index contributed by atoms with van der Waals surface area (Å²) in [5, 5.41) is 19.4. The molecule has 27 heavy (non-hydrogen) atoms. The van der Waals surface area contributed by atoms with Crippen LogP contribution >= 0.6 is 0 Å². The molecule has 0 spiro atoms. The molecule has 1 heterocycles. The monoisotopic (exact) mass is 364 g/mol. The van der Waals surface area contributed by atoms with Crippen molar-refractivity contribution in [2.24, 2.45) is 0 Å². The number of nitrogens with zero attached hydrogens (tertiary/aromatic N) is 2. The fourth-order valence-corrected chi connectivity index (χ4v) is 3.05. The molecule has 0 aliphatic heterocycles. The fourth-order valence-electron chi connectivity index (χ4n) is 3.05. The van der Waals surface area contributed by atoms with Crippen molar-refractivity contribution in [1.29, 1.82) is 0 Å². The van der Waals surface area contributed by atoms with Crippen LogP contribution in [0.2, 0.25) is 0 Å². The lowest BCUT2D eigenvalue weighted by Gasteiger charge is -2.27. The molecule has 0 unspecified atom stereocenters. The largest absolute Gasteiger partial charge is 0.507 e. The Morgan fingerprint density at radius 2 is 1.19 bits per heavy atom. The van der Waals surface area contributed by atoms with Crippen molar-refractivity contribution in [1.82, 2.24) is 10.2 Å². The average molecular weight is 364 g/mol. The first-order valence-electron chi connectivity index (χ1n) is 9.26. The molecule has 0 saturated heterocycles. The molecule has 142 valence electrons. The van der Waals surface area contributed by atoms with Crippen molar-refractivity contribution >= 4 is 0 Å². The highest BCUT2D eigenvalue weighted by Crippen LogP contribution is 2.42. The first-order chi connectivity index (χ1) is 12.5. The van der Waals surface area contributed by atoms with Gasteiger partial charge in [0.1, 0.15) is 5.75 Å². The smallest absolute Gasteiger partial charge is 0.248 e. The summed E-state index contributed by atoms with van der Waals surface area (Å²) in [4.78, 5) is 0. The van der Waals surface area contributed by atoms with Gasteiger partial charge in [0, 0.05) is 22.3 Å². The van der Waals surface area contributed by atoms with E-state index >= 15 is 0 Å². The van der Waals surface area contributed by atoms with Crippen molar-refractivity contribution in [3.8, 4) is 28.7 Å². The summed E-state index contributed by atoms with van der Waals surface area (Å²) in [5.41, 5.74) is 4.24. The second-order valence-corrected chi connectivity index (χ2v) is 9.20. The average Bonchev–Trinajstić information content (AvgIpc) is 3.03. The second-order valence-electron chi connectivity index (χ2n) is 9.20. The SMILES string of the molecule is Cc1ccc(-c2nnc(-c3cc(C(C)(C)C)c(O)c(C(C)(C)C)c3)o2)cc1. The Labute approximate surface area is 161 Å². The van der Waals surface area contributed by atoms with E-state index in [-0.39, 0.29) is 10.8 Å². The minimum atomic E-state index is -0.208. The van der Waals surface area contributed by atoms with Gasteiger partial charge in [-0.1, -0.05) is 59.2 Å². The van der Waals surface area contributed by atoms with E-state index in [4.69, 9.17) is 4.42 Å².